The Morgan fingerprint density at radius 1 is 1.35 bits per heavy atom. The van der Waals surface area contributed by atoms with Crippen molar-refractivity contribution < 1.29 is 19.1 Å². The summed E-state index contributed by atoms with van der Waals surface area (Å²) in [4.78, 5) is 27.7. The summed E-state index contributed by atoms with van der Waals surface area (Å²) in [5.41, 5.74) is 1.51. The molecule has 1 unspecified atom stereocenters. The lowest BCUT2D eigenvalue weighted by Gasteiger charge is -2.07. The van der Waals surface area contributed by atoms with Gasteiger partial charge in [-0.25, -0.2) is 9.37 Å². The first-order valence-corrected chi connectivity index (χ1v) is 7.90. The number of benzene rings is 1. The first-order valence-electron chi connectivity index (χ1n) is 7.08. The molecule has 1 heterocycles. The molecule has 0 aliphatic rings. The third-order valence-electron chi connectivity index (χ3n) is 3.31. The summed E-state index contributed by atoms with van der Waals surface area (Å²) in [6.07, 6.45) is 0.518. The predicted molar refractivity (Wildman–Crippen MR) is 85.2 cm³/mol. The molecular formula is C16H17FN2O3S. The number of thiazole rings is 1. The van der Waals surface area contributed by atoms with Crippen molar-refractivity contribution in [1.82, 2.24) is 10.3 Å². The highest BCUT2D eigenvalue weighted by Crippen LogP contribution is 2.21. The minimum atomic E-state index is -0.955. The average molecular weight is 336 g/mol. The number of rotatable bonds is 6. The van der Waals surface area contributed by atoms with E-state index in [0.29, 0.717) is 17.0 Å². The molecule has 0 fully saturated rings. The van der Waals surface area contributed by atoms with Crippen molar-refractivity contribution >= 4 is 23.2 Å². The molecule has 1 aromatic heterocycles. The molecule has 7 heteroatoms. The van der Waals surface area contributed by atoms with Crippen molar-refractivity contribution in [1.29, 1.82) is 0 Å². The SMILES string of the molecule is Cc1nc(Cc2ccc(F)cc2)sc1C(=O)NCC(C)C(=O)O. The normalized spacial score (nSPS) is 12.0. The van der Waals surface area contributed by atoms with Gasteiger partial charge in [-0.2, -0.15) is 0 Å². The molecule has 0 aliphatic carbocycles. The van der Waals surface area contributed by atoms with Crippen LogP contribution in [0.15, 0.2) is 24.3 Å². The van der Waals surface area contributed by atoms with E-state index in [1.165, 1.54) is 30.4 Å². The van der Waals surface area contributed by atoms with E-state index in [9.17, 15) is 14.0 Å². The highest BCUT2D eigenvalue weighted by Gasteiger charge is 2.18. The van der Waals surface area contributed by atoms with Crippen molar-refractivity contribution in [3.63, 3.8) is 0 Å². The molecule has 23 heavy (non-hydrogen) atoms. The Hall–Kier alpha value is -2.28. The summed E-state index contributed by atoms with van der Waals surface area (Å²) in [5, 5.41) is 12.2. The van der Waals surface area contributed by atoms with Crippen LogP contribution in [0.1, 0.15) is 32.9 Å². The fourth-order valence-electron chi connectivity index (χ4n) is 1.93. The second-order valence-electron chi connectivity index (χ2n) is 5.27. The third kappa shape index (κ3) is 4.59. The number of carbonyl (C=O) groups is 2. The number of halogens is 1. The number of hydrogen-bond donors (Lipinski definition) is 2. The zero-order chi connectivity index (χ0) is 17.0. The van der Waals surface area contributed by atoms with E-state index >= 15 is 0 Å². The lowest BCUT2D eigenvalue weighted by molar-refractivity contribution is -0.140. The molecule has 0 saturated carbocycles. The molecule has 0 spiro atoms. The first-order chi connectivity index (χ1) is 10.9. The third-order valence-corrected chi connectivity index (χ3v) is 4.46. The molecular weight excluding hydrogens is 319 g/mol. The Morgan fingerprint density at radius 3 is 2.61 bits per heavy atom. The molecule has 2 N–H and O–H groups in total. The molecule has 1 amide bonds. The van der Waals surface area contributed by atoms with Gasteiger partial charge in [-0.1, -0.05) is 19.1 Å². The van der Waals surface area contributed by atoms with Crippen LogP contribution in [-0.4, -0.2) is 28.5 Å². The Morgan fingerprint density at radius 2 is 2.00 bits per heavy atom. The van der Waals surface area contributed by atoms with Crippen molar-refractivity contribution in [2.45, 2.75) is 20.3 Å². The molecule has 122 valence electrons. The van der Waals surface area contributed by atoms with Crippen LogP contribution in [0, 0.1) is 18.7 Å². The summed E-state index contributed by atoms with van der Waals surface area (Å²) in [6, 6.07) is 6.13. The van der Waals surface area contributed by atoms with E-state index in [1.54, 1.807) is 19.1 Å². The molecule has 0 radical (unpaired) electrons. The molecule has 5 nitrogen and oxygen atoms in total. The molecule has 2 aromatic rings. The fraction of sp³-hybridized carbons (Fsp3) is 0.312. The predicted octanol–water partition coefficient (Wildman–Crippen LogP) is 2.63. The van der Waals surface area contributed by atoms with Crippen LogP contribution < -0.4 is 5.32 Å². The monoisotopic (exact) mass is 336 g/mol. The lowest BCUT2D eigenvalue weighted by Crippen LogP contribution is -2.31. The molecule has 1 atom stereocenters. The van der Waals surface area contributed by atoms with Gasteiger partial charge in [0, 0.05) is 13.0 Å². The molecule has 0 saturated heterocycles. The summed E-state index contributed by atoms with van der Waals surface area (Å²) in [7, 11) is 0. The average Bonchev–Trinajstić information content (AvgIpc) is 2.87. The maximum Gasteiger partial charge on any atom is 0.308 e. The topological polar surface area (TPSA) is 79.3 Å². The van der Waals surface area contributed by atoms with E-state index in [2.05, 4.69) is 10.3 Å². The van der Waals surface area contributed by atoms with Crippen LogP contribution >= 0.6 is 11.3 Å². The van der Waals surface area contributed by atoms with Gasteiger partial charge in [0.2, 0.25) is 0 Å². The van der Waals surface area contributed by atoms with Crippen molar-refractivity contribution in [3.05, 3.63) is 51.2 Å². The quantitative estimate of drug-likeness (QED) is 0.850. The van der Waals surface area contributed by atoms with Gasteiger partial charge < -0.3 is 10.4 Å². The van der Waals surface area contributed by atoms with E-state index in [1.807, 2.05) is 0 Å². The van der Waals surface area contributed by atoms with Gasteiger partial charge in [-0.3, -0.25) is 9.59 Å². The lowest BCUT2D eigenvalue weighted by atomic mass is 10.1. The van der Waals surface area contributed by atoms with Gasteiger partial charge in [-0.05, 0) is 24.6 Å². The molecule has 1 aromatic carbocycles. The van der Waals surface area contributed by atoms with Gasteiger partial charge in [0.05, 0.1) is 16.6 Å². The second kappa shape index (κ2) is 7.32. The summed E-state index contributed by atoms with van der Waals surface area (Å²) < 4.78 is 12.9. The van der Waals surface area contributed by atoms with E-state index in [0.717, 1.165) is 10.6 Å². The van der Waals surface area contributed by atoms with E-state index in [4.69, 9.17) is 5.11 Å². The van der Waals surface area contributed by atoms with Crippen LogP contribution in [0.25, 0.3) is 0 Å². The van der Waals surface area contributed by atoms with E-state index < -0.39 is 11.9 Å². The fourth-order valence-corrected chi connectivity index (χ4v) is 2.94. The first kappa shape index (κ1) is 17.1. The van der Waals surface area contributed by atoms with Crippen LogP contribution in [0.2, 0.25) is 0 Å². The van der Waals surface area contributed by atoms with Crippen LogP contribution in [0.5, 0.6) is 0 Å². The number of nitrogens with zero attached hydrogens (tertiary/aromatic N) is 1. The van der Waals surface area contributed by atoms with Gasteiger partial charge >= 0.3 is 5.97 Å². The van der Waals surface area contributed by atoms with E-state index in [-0.39, 0.29) is 18.3 Å². The number of carboxylic acid groups (broad SMARTS) is 1. The number of amides is 1. The Balaban J connectivity index is 2.04. The maximum absolute atomic E-state index is 12.9. The highest BCUT2D eigenvalue weighted by molar-refractivity contribution is 7.13. The zero-order valence-corrected chi connectivity index (χ0v) is 13.6. The number of aryl methyl sites for hydroxylation is 1. The number of aliphatic carboxylic acids is 1. The number of hydrogen-bond acceptors (Lipinski definition) is 4. The Bertz CT molecular complexity index is 713. The van der Waals surface area contributed by atoms with Crippen LogP contribution in [-0.2, 0) is 11.2 Å². The van der Waals surface area contributed by atoms with Gasteiger partial charge in [0.1, 0.15) is 10.7 Å². The largest absolute Gasteiger partial charge is 0.481 e. The number of carbonyl (C=O) groups excluding carboxylic acids is 1. The summed E-state index contributed by atoms with van der Waals surface area (Å²) in [5.74, 6) is -2.22. The van der Waals surface area contributed by atoms with Crippen LogP contribution in [0.4, 0.5) is 4.39 Å². The maximum atomic E-state index is 12.9. The Labute approximate surface area is 137 Å². The molecule has 2 rings (SSSR count). The zero-order valence-electron chi connectivity index (χ0n) is 12.8. The van der Waals surface area contributed by atoms with Gasteiger partial charge in [-0.15, -0.1) is 11.3 Å². The Kier molecular flexibility index (Phi) is 5.44. The number of carboxylic acids is 1. The standard InChI is InChI=1S/C16H17FN2O3S/c1-9(16(21)22)8-18-15(20)14-10(2)19-13(23-14)7-11-3-5-12(17)6-4-11/h3-6,9H,7-8H2,1-2H3,(H,18,20)(H,21,22). The highest BCUT2D eigenvalue weighted by atomic mass is 32.1. The van der Waals surface area contributed by atoms with Gasteiger partial charge in [0.25, 0.3) is 5.91 Å². The second-order valence-corrected chi connectivity index (χ2v) is 6.36. The number of nitrogens with one attached hydrogen (secondary N) is 1. The van der Waals surface area contributed by atoms with Crippen molar-refractivity contribution in [2.24, 2.45) is 5.92 Å². The smallest absolute Gasteiger partial charge is 0.308 e. The van der Waals surface area contributed by atoms with Crippen LogP contribution in [0.3, 0.4) is 0 Å². The number of aromatic nitrogens is 1. The minimum Gasteiger partial charge on any atom is -0.481 e. The minimum absolute atomic E-state index is 0.0683. The van der Waals surface area contributed by atoms with Crippen molar-refractivity contribution in [3.8, 4) is 0 Å². The summed E-state index contributed by atoms with van der Waals surface area (Å²) in [6.45, 7) is 3.33. The molecule has 0 aliphatic heterocycles. The summed E-state index contributed by atoms with van der Waals surface area (Å²) >= 11 is 1.26. The molecule has 0 bridgehead atoms. The van der Waals surface area contributed by atoms with Crippen molar-refractivity contribution in [2.75, 3.05) is 6.54 Å². The van der Waals surface area contributed by atoms with Gasteiger partial charge in [0.15, 0.2) is 0 Å².